The minimum Gasteiger partial charge on any atom is -0.383 e. The highest BCUT2D eigenvalue weighted by molar-refractivity contribution is 4.94. The van der Waals surface area contributed by atoms with E-state index in [4.69, 9.17) is 9.26 Å². The van der Waals surface area contributed by atoms with E-state index in [1.807, 2.05) is 6.92 Å². The van der Waals surface area contributed by atoms with Crippen molar-refractivity contribution >= 4 is 0 Å². The quantitative estimate of drug-likeness (QED) is 0.792. The first kappa shape index (κ1) is 14.1. The minimum atomic E-state index is 0.0799. The van der Waals surface area contributed by atoms with Crippen molar-refractivity contribution in [3.63, 3.8) is 0 Å². The zero-order valence-corrected chi connectivity index (χ0v) is 11.4. The van der Waals surface area contributed by atoms with Crippen LogP contribution in [0.25, 0.3) is 0 Å². The molecule has 5 heteroatoms. The minimum absolute atomic E-state index is 0.0799. The zero-order valence-electron chi connectivity index (χ0n) is 11.4. The molecule has 1 aromatic rings. The Kier molecular flexibility index (Phi) is 5.58. The molecule has 0 aromatic carbocycles. The van der Waals surface area contributed by atoms with Gasteiger partial charge in [0.05, 0.1) is 12.6 Å². The summed E-state index contributed by atoms with van der Waals surface area (Å²) in [5.41, 5.74) is 0. The van der Waals surface area contributed by atoms with Crippen LogP contribution in [-0.4, -0.2) is 29.9 Å². The number of hydrogen-bond donors (Lipinski definition) is 1. The van der Waals surface area contributed by atoms with Crippen LogP contribution in [0, 0.1) is 12.8 Å². The molecule has 17 heavy (non-hydrogen) atoms. The first-order valence-electron chi connectivity index (χ1n) is 6.13. The third-order valence-corrected chi connectivity index (χ3v) is 2.75. The highest BCUT2D eigenvalue weighted by atomic mass is 16.5. The number of nitrogens with one attached hydrogen (secondary N) is 1. The van der Waals surface area contributed by atoms with Gasteiger partial charge < -0.3 is 14.6 Å². The zero-order chi connectivity index (χ0) is 12.8. The van der Waals surface area contributed by atoms with Crippen molar-refractivity contribution in [2.24, 2.45) is 5.92 Å². The SMILES string of the molecule is CC[C@H](COC)N[C@@H](c1nc(C)no1)C(C)C. The van der Waals surface area contributed by atoms with Crippen LogP contribution in [0.2, 0.25) is 0 Å². The molecular weight excluding hydrogens is 218 g/mol. The average Bonchev–Trinajstić information content (AvgIpc) is 2.70. The molecule has 0 radical (unpaired) electrons. The Balaban J connectivity index is 2.72. The second-order valence-corrected chi connectivity index (χ2v) is 4.63. The number of ether oxygens (including phenoxy) is 1. The second-order valence-electron chi connectivity index (χ2n) is 4.63. The maximum atomic E-state index is 5.25. The lowest BCUT2D eigenvalue weighted by atomic mass is 10.0. The molecule has 5 nitrogen and oxygen atoms in total. The van der Waals surface area contributed by atoms with Gasteiger partial charge in [-0.1, -0.05) is 25.9 Å². The smallest absolute Gasteiger partial charge is 0.244 e. The van der Waals surface area contributed by atoms with E-state index >= 15 is 0 Å². The van der Waals surface area contributed by atoms with Gasteiger partial charge in [-0.15, -0.1) is 0 Å². The van der Waals surface area contributed by atoms with Crippen molar-refractivity contribution in [2.75, 3.05) is 13.7 Å². The van der Waals surface area contributed by atoms with Gasteiger partial charge in [0.25, 0.3) is 0 Å². The lowest BCUT2D eigenvalue weighted by Gasteiger charge is -2.24. The lowest BCUT2D eigenvalue weighted by molar-refractivity contribution is 0.147. The molecule has 0 fully saturated rings. The molecule has 0 amide bonds. The van der Waals surface area contributed by atoms with Crippen LogP contribution in [0.5, 0.6) is 0 Å². The van der Waals surface area contributed by atoms with Gasteiger partial charge in [-0.25, -0.2) is 0 Å². The van der Waals surface area contributed by atoms with Crippen molar-refractivity contribution in [3.05, 3.63) is 11.7 Å². The first-order valence-corrected chi connectivity index (χ1v) is 6.13. The summed E-state index contributed by atoms with van der Waals surface area (Å²) in [7, 11) is 1.71. The molecule has 0 bridgehead atoms. The molecule has 1 heterocycles. The summed E-state index contributed by atoms with van der Waals surface area (Å²) in [6, 6.07) is 0.385. The number of aryl methyl sites for hydroxylation is 1. The van der Waals surface area contributed by atoms with Crippen LogP contribution in [0.1, 0.15) is 44.9 Å². The fourth-order valence-electron chi connectivity index (χ4n) is 1.73. The van der Waals surface area contributed by atoms with Crippen molar-refractivity contribution in [1.29, 1.82) is 0 Å². The Hall–Kier alpha value is -0.940. The molecule has 0 spiro atoms. The summed E-state index contributed by atoms with van der Waals surface area (Å²) in [5, 5.41) is 7.35. The predicted octanol–water partition coefficient (Wildman–Crippen LogP) is 2.09. The molecule has 0 aliphatic rings. The Bertz CT molecular complexity index is 325. The Labute approximate surface area is 103 Å². The highest BCUT2D eigenvalue weighted by Crippen LogP contribution is 2.21. The van der Waals surface area contributed by atoms with Crippen LogP contribution in [0.3, 0.4) is 0 Å². The molecule has 0 aliphatic carbocycles. The number of rotatable bonds is 7. The number of hydrogen-bond acceptors (Lipinski definition) is 5. The van der Waals surface area contributed by atoms with E-state index in [0.29, 0.717) is 30.3 Å². The third-order valence-electron chi connectivity index (χ3n) is 2.75. The Morgan fingerprint density at radius 1 is 1.41 bits per heavy atom. The summed E-state index contributed by atoms with van der Waals surface area (Å²) in [6.45, 7) is 8.92. The summed E-state index contributed by atoms with van der Waals surface area (Å²) in [6.07, 6.45) is 1.00. The molecule has 0 aliphatic heterocycles. The summed E-state index contributed by atoms with van der Waals surface area (Å²) < 4.78 is 10.4. The average molecular weight is 241 g/mol. The number of nitrogens with zero attached hydrogens (tertiary/aromatic N) is 2. The van der Waals surface area contributed by atoms with Crippen LogP contribution < -0.4 is 5.32 Å². The topological polar surface area (TPSA) is 60.2 Å². The number of aromatic nitrogens is 2. The van der Waals surface area contributed by atoms with E-state index in [1.54, 1.807) is 7.11 Å². The van der Waals surface area contributed by atoms with Crippen molar-refractivity contribution in [2.45, 2.75) is 46.2 Å². The van der Waals surface area contributed by atoms with Crippen LogP contribution >= 0.6 is 0 Å². The Morgan fingerprint density at radius 2 is 2.12 bits per heavy atom. The van der Waals surface area contributed by atoms with Gasteiger partial charge in [0.2, 0.25) is 5.89 Å². The lowest BCUT2D eigenvalue weighted by Crippen LogP contribution is -2.38. The van der Waals surface area contributed by atoms with E-state index in [-0.39, 0.29) is 6.04 Å². The van der Waals surface area contributed by atoms with Crippen LogP contribution in [0.4, 0.5) is 0 Å². The van der Waals surface area contributed by atoms with Gasteiger partial charge in [-0.05, 0) is 19.3 Å². The monoisotopic (exact) mass is 241 g/mol. The summed E-state index contributed by atoms with van der Waals surface area (Å²) in [5.74, 6) is 1.72. The summed E-state index contributed by atoms with van der Waals surface area (Å²) in [4.78, 5) is 4.30. The third kappa shape index (κ3) is 4.09. The highest BCUT2D eigenvalue weighted by Gasteiger charge is 2.24. The molecule has 0 saturated heterocycles. The van der Waals surface area contributed by atoms with Gasteiger partial charge >= 0.3 is 0 Å². The maximum absolute atomic E-state index is 5.25. The van der Waals surface area contributed by atoms with E-state index in [1.165, 1.54) is 0 Å². The van der Waals surface area contributed by atoms with Gasteiger partial charge in [0.15, 0.2) is 5.82 Å². The number of methoxy groups -OCH3 is 1. The standard InChI is InChI=1S/C12H23N3O2/c1-6-10(7-16-5)14-11(8(2)3)12-13-9(4)15-17-12/h8,10-11,14H,6-7H2,1-5H3/t10-,11-/m1/s1. The van der Waals surface area contributed by atoms with E-state index < -0.39 is 0 Å². The summed E-state index contributed by atoms with van der Waals surface area (Å²) >= 11 is 0. The normalized spacial score (nSPS) is 15.2. The largest absolute Gasteiger partial charge is 0.383 e. The fraction of sp³-hybridized carbons (Fsp3) is 0.833. The fourth-order valence-corrected chi connectivity index (χ4v) is 1.73. The second kappa shape index (κ2) is 6.71. The molecule has 1 aromatic heterocycles. The van der Waals surface area contributed by atoms with E-state index in [9.17, 15) is 0 Å². The van der Waals surface area contributed by atoms with Crippen LogP contribution in [-0.2, 0) is 4.74 Å². The molecule has 98 valence electrons. The Morgan fingerprint density at radius 3 is 2.53 bits per heavy atom. The van der Waals surface area contributed by atoms with Crippen LogP contribution in [0.15, 0.2) is 4.52 Å². The maximum Gasteiger partial charge on any atom is 0.244 e. The van der Waals surface area contributed by atoms with E-state index in [0.717, 1.165) is 6.42 Å². The van der Waals surface area contributed by atoms with E-state index in [2.05, 4.69) is 36.2 Å². The molecule has 0 unspecified atom stereocenters. The van der Waals surface area contributed by atoms with Crippen molar-refractivity contribution < 1.29 is 9.26 Å². The van der Waals surface area contributed by atoms with Crippen molar-refractivity contribution in [3.8, 4) is 0 Å². The van der Waals surface area contributed by atoms with Crippen molar-refractivity contribution in [1.82, 2.24) is 15.5 Å². The molecular formula is C12H23N3O2. The van der Waals surface area contributed by atoms with Gasteiger partial charge in [0.1, 0.15) is 0 Å². The predicted molar refractivity (Wildman–Crippen MR) is 65.7 cm³/mol. The first-order chi connectivity index (χ1) is 8.08. The van der Waals surface area contributed by atoms with Gasteiger partial charge in [0, 0.05) is 13.2 Å². The molecule has 2 atom stereocenters. The molecule has 1 rings (SSSR count). The molecule has 1 N–H and O–H groups in total. The molecule has 0 saturated carbocycles. The van der Waals surface area contributed by atoms with Gasteiger partial charge in [-0.2, -0.15) is 4.98 Å². The van der Waals surface area contributed by atoms with Gasteiger partial charge in [-0.3, -0.25) is 0 Å².